The lowest BCUT2D eigenvalue weighted by molar-refractivity contribution is 0.240. The molecule has 284 valence electrons. The molecule has 2 atom stereocenters. The summed E-state index contributed by atoms with van der Waals surface area (Å²) in [6, 6.07) is 19.4. The minimum absolute atomic E-state index is 0.0723. The molecule has 2 unspecified atom stereocenters. The Morgan fingerprint density at radius 3 is 1.46 bits per heavy atom. The summed E-state index contributed by atoms with van der Waals surface area (Å²) >= 11 is 3.08. The van der Waals surface area contributed by atoms with E-state index < -0.39 is 0 Å². The van der Waals surface area contributed by atoms with Crippen LogP contribution in [0.3, 0.4) is 0 Å². The first-order chi connectivity index (χ1) is 26.2. The molecule has 6 rings (SSSR count). The third-order valence-electron chi connectivity index (χ3n) is 7.85. The van der Waals surface area contributed by atoms with Gasteiger partial charge in [-0.3, -0.25) is 0 Å². The number of aromatic nitrogens is 6. The fourth-order valence-electron chi connectivity index (χ4n) is 5.24. The highest BCUT2D eigenvalue weighted by Crippen LogP contribution is 2.34. The average Bonchev–Trinajstić information content (AvgIpc) is 3.92. The molecular formula is C37H48N14OS2. The molecule has 0 aliphatic carbocycles. The molecule has 2 amide bonds. The first-order valence-corrected chi connectivity index (χ1v) is 18.7. The van der Waals surface area contributed by atoms with Crippen LogP contribution in [0.25, 0.3) is 43.7 Å². The average molecular weight is 769 g/mol. The van der Waals surface area contributed by atoms with Gasteiger partial charge in [-0.2, -0.15) is 0 Å². The lowest BCUT2D eigenvalue weighted by Gasteiger charge is -2.18. The number of thiazole rings is 2. The van der Waals surface area contributed by atoms with Crippen molar-refractivity contribution < 1.29 is 4.79 Å². The fourth-order valence-corrected chi connectivity index (χ4v) is 6.71. The van der Waals surface area contributed by atoms with Gasteiger partial charge in [-0.1, -0.05) is 71.2 Å². The van der Waals surface area contributed by atoms with Crippen molar-refractivity contribution in [3.05, 3.63) is 84.2 Å². The molecule has 0 saturated heterocycles. The highest BCUT2D eigenvalue weighted by Gasteiger charge is 2.18. The van der Waals surface area contributed by atoms with Gasteiger partial charge in [-0.15, -0.1) is 0 Å². The van der Waals surface area contributed by atoms with Gasteiger partial charge in [0.2, 0.25) is 11.9 Å². The normalized spacial score (nSPS) is 11.4. The van der Waals surface area contributed by atoms with Crippen molar-refractivity contribution in [1.82, 2.24) is 40.5 Å². The molecule has 0 bridgehead atoms. The lowest BCUT2D eigenvalue weighted by Crippen LogP contribution is -2.34. The number of benzene rings is 2. The van der Waals surface area contributed by atoms with Gasteiger partial charge >= 0.3 is 6.03 Å². The quantitative estimate of drug-likeness (QED) is 0.0728. The Labute approximate surface area is 323 Å². The molecule has 0 radical (unpaired) electrons. The number of carbonyl (C=O) groups is 1. The summed E-state index contributed by atoms with van der Waals surface area (Å²) in [6.45, 7) is 3.92. The first kappa shape index (κ1) is 41.0. The van der Waals surface area contributed by atoms with Crippen LogP contribution in [0.1, 0.15) is 37.1 Å². The van der Waals surface area contributed by atoms with Crippen LogP contribution in [-0.2, 0) is 0 Å². The number of amides is 2. The smallest absolute Gasteiger partial charge is 0.315 e. The minimum Gasteiger partial charge on any atom is -0.365 e. The van der Waals surface area contributed by atoms with Crippen LogP contribution >= 0.6 is 22.7 Å². The zero-order chi connectivity index (χ0) is 39.2. The summed E-state index contributed by atoms with van der Waals surface area (Å²) in [5.74, 6) is 1.09. The largest absolute Gasteiger partial charge is 0.365 e. The van der Waals surface area contributed by atoms with E-state index in [2.05, 4.69) is 67.5 Å². The van der Waals surface area contributed by atoms with E-state index in [0.717, 1.165) is 65.0 Å². The lowest BCUT2D eigenvalue weighted by atomic mass is 9.98. The van der Waals surface area contributed by atoms with Crippen LogP contribution in [0.4, 0.5) is 27.0 Å². The molecule has 54 heavy (non-hydrogen) atoms. The number of urea groups is 1. The predicted octanol–water partition coefficient (Wildman–Crippen LogP) is 6.29. The number of rotatable bonds is 11. The van der Waals surface area contributed by atoms with Crippen LogP contribution in [-0.4, -0.2) is 78.2 Å². The van der Waals surface area contributed by atoms with Gasteiger partial charge in [-0.25, -0.2) is 34.7 Å². The van der Waals surface area contributed by atoms with Crippen LogP contribution in [0.5, 0.6) is 0 Å². The number of nitrogens with one attached hydrogen (secondary N) is 6. The van der Waals surface area contributed by atoms with Gasteiger partial charge in [0.15, 0.2) is 10.3 Å². The Bertz CT molecular complexity index is 2120. The number of hydrogen-bond acceptors (Lipinski definition) is 15. The second-order valence-electron chi connectivity index (χ2n) is 11.4. The van der Waals surface area contributed by atoms with E-state index in [4.69, 9.17) is 5.73 Å². The van der Waals surface area contributed by atoms with E-state index in [1.807, 2.05) is 102 Å². The number of nitrogens with two attached hydrogens (primary N) is 2. The standard InChI is InChI=1S/C19H23N7OS.C17H20N6S.CH5N/c1-11(24-18(27)21-3)12-7-5-6-8-13(12)14-9-15(26-17(20-2)25-14)16-10-23-19(22-4)28-16;1-10(18)11-6-4-5-7-12(11)13-8-14(23-16(19-2)22-13)15-9-21-17(20-3)24-15;1-2/h5-11H,1-4H3,(H,22,23)(H,20,25,26)(H2,21,24,27);4-10H,18H2,1-3H3,(H,20,21)(H,19,22,23);2H2,1H3. The van der Waals surface area contributed by atoms with Crippen molar-refractivity contribution in [2.75, 3.05) is 63.6 Å². The SMILES string of the molecule is CN.CNC(=O)NC(C)c1ccccc1-c1cc(-c2cnc(NC)s2)nc(NC)n1.CNc1nc(-c2cnc(NC)s2)cc(-c2ccccc2C(C)N)n1. The topological polar surface area (TPSA) is 219 Å². The summed E-state index contributed by atoms with van der Waals surface area (Å²) in [7, 11) is 10.4. The van der Waals surface area contributed by atoms with Gasteiger partial charge < -0.3 is 43.4 Å². The zero-order valence-electron chi connectivity index (χ0n) is 31.6. The van der Waals surface area contributed by atoms with Crippen molar-refractivity contribution in [1.29, 1.82) is 0 Å². The van der Waals surface area contributed by atoms with Crippen LogP contribution in [0, 0.1) is 0 Å². The highest BCUT2D eigenvalue weighted by molar-refractivity contribution is 7.19. The summed E-state index contributed by atoms with van der Waals surface area (Å²) < 4.78 is 0. The molecule has 0 saturated carbocycles. The van der Waals surface area contributed by atoms with E-state index in [-0.39, 0.29) is 18.1 Å². The van der Waals surface area contributed by atoms with E-state index >= 15 is 0 Å². The van der Waals surface area contributed by atoms with E-state index in [9.17, 15) is 4.79 Å². The third-order valence-corrected chi connectivity index (χ3v) is 9.92. The van der Waals surface area contributed by atoms with Gasteiger partial charge in [0.25, 0.3) is 0 Å². The Kier molecular flexibility index (Phi) is 15.1. The van der Waals surface area contributed by atoms with Crippen molar-refractivity contribution in [2.24, 2.45) is 11.5 Å². The maximum absolute atomic E-state index is 11.7. The van der Waals surface area contributed by atoms with Gasteiger partial charge in [0.1, 0.15) is 0 Å². The molecule has 6 aromatic rings. The molecule has 4 heterocycles. The Hall–Kier alpha value is -5.75. The molecule has 4 aromatic heterocycles. The van der Waals surface area contributed by atoms with Crippen LogP contribution in [0.15, 0.2) is 73.1 Å². The number of hydrogen-bond donors (Lipinski definition) is 8. The predicted molar refractivity (Wildman–Crippen MR) is 224 cm³/mol. The molecule has 17 heteroatoms. The van der Waals surface area contributed by atoms with Gasteiger partial charge in [0.05, 0.1) is 38.6 Å². The number of nitrogens with zero attached hydrogens (tertiary/aromatic N) is 6. The summed E-state index contributed by atoms with van der Waals surface area (Å²) in [6.07, 6.45) is 3.61. The molecule has 15 nitrogen and oxygen atoms in total. The zero-order valence-corrected chi connectivity index (χ0v) is 33.3. The minimum atomic E-state index is -0.231. The van der Waals surface area contributed by atoms with Crippen molar-refractivity contribution in [3.8, 4) is 43.7 Å². The molecule has 0 aliphatic heterocycles. The monoisotopic (exact) mass is 768 g/mol. The first-order valence-electron chi connectivity index (χ1n) is 17.1. The Balaban J connectivity index is 0.000000233. The molecular weight excluding hydrogens is 721 g/mol. The Morgan fingerprint density at radius 1 is 0.630 bits per heavy atom. The molecule has 10 N–H and O–H groups in total. The maximum Gasteiger partial charge on any atom is 0.315 e. The van der Waals surface area contributed by atoms with Gasteiger partial charge in [-0.05, 0) is 44.2 Å². The fraction of sp³-hybridized carbons (Fsp3) is 0.270. The highest BCUT2D eigenvalue weighted by atomic mass is 32.1. The second kappa shape index (κ2) is 19.9. The number of anilines is 4. The summed E-state index contributed by atoms with van der Waals surface area (Å²) in [5.41, 5.74) is 17.8. The molecule has 2 aromatic carbocycles. The van der Waals surface area contributed by atoms with Crippen LogP contribution < -0.4 is 43.4 Å². The van der Waals surface area contributed by atoms with E-state index in [1.54, 1.807) is 31.6 Å². The molecule has 0 spiro atoms. The Morgan fingerprint density at radius 2 is 1.06 bits per heavy atom. The second-order valence-corrected chi connectivity index (χ2v) is 13.5. The van der Waals surface area contributed by atoms with Crippen molar-refractivity contribution in [2.45, 2.75) is 25.9 Å². The number of carbonyl (C=O) groups excluding carboxylic acids is 1. The van der Waals surface area contributed by atoms with Crippen LogP contribution in [0.2, 0.25) is 0 Å². The van der Waals surface area contributed by atoms with E-state index in [1.165, 1.54) is 18.4 Å². The summed E-state index contributed by atoms with van der Waals surface area (Å²) in [4.78, 5) is 40.7. The summed E-state index contributed by atoms with van der Waals surface area (Å²) in [5, 5.41) is 19.3. The third kappa shape index (κ3) is 10.2. The van der Waals surface area contributed by atoms with Crippen molar-refractivity contribution in [3.63, 3.8) is 0 Å². The maximum atomic E-state index is 11.7. The molecule has 0 aliphatic rings. The van der Waals surface area contributed by atoms with Gasteiger partial charge in [0, 0.05) is 64.8 Å². The van der Waals surface area contributed by atoms with Crippen molar-refractivity contribution >= 4 is 50.9 Å². The molecule has 0 fully saturated rings. The van der Waals surface area contributed by atoms with E-state index in [0.29, 0.717) is 11.9 Å².